The summed E-state index contributed by atoms with van der Waals surface area (Å²) >= 11 is 0. The van der Waals surface area contributed by atoms with Crippen molar-refractivity contribution in [1.82, 2.24) is 9.78 Å². The molecule has 1 N–H and O–H groups in total. The molecule has 2 aromatic carbocycles. The number of aromatic nitrogens is 2. The van der Waals surface area contributed by atoms with Crippen LogP contribution >= 0.6 is 0 Å². The molecule has 0 spiro atoms. The second kappa shape index (κ2) is 8.47. The van der Waals surface area contributed by atoms with E-state index in [2.05, 4.69) is 10.4 Å². The summed E-state index contributed by atoms with van der Waals surface area (Å²) in [5, 5.41) is 7.40. The van der Waals surface area contributed by atoms with E-state index in [4.69, 9.17) is 14.2 Å². The average Bonchev–Trinajstić information content (AvgIpc) is 3.05. The second-order valence-corrected chi connectivity index (χ2v) is 6.18. The molecular formula is C21H23N3O4. The number of hydrogen-bond acceptors (Lipinski definition) is 5. The number of hydrogen-bond donors (Lipinski definition) is 1. The Hall–Kier alpha value is -3.48. The van der Waals surface area contributed by atoms with E-state index >= 15 is 0 Å². The first-order valence-corrected chi connectivity index (χ1v) is 8.75. The minimum atomic E-state index is -0.298. The predicted octanol–water partition coefficient (Wildman–Crippen LogP) is 3.52. The van der Waals surface area contributed by atoms with Crippen LogP contribution in [0.5, 0.6) is 17.2 Å². The van der Waals surface area contributed by atoms with Crippen LogP contribution in [0.1, 0.15) is 21.6 Å². The summed E-state index contributed by atoms with van der Waals surface area (Å²) < 4.78 is 17.7. The number of ether oxygens (including phenoxy) is 3. The molecule has 1 aromatic heterocycles. The van der Waals surface area contributed by atoms with E-state index in [9.17, 15) is 4.79 Å². The molecule has 3 rings (SSSR count). The monoisotopic (exact) mass is 381 g/mol. The van der Waals surface area contributed by atoms with Gasteiger partial charge < -0.3 is 19.5 Å². The van der Waals surface area contributed by atoms with Crippen molar-refractivity contribution in [2.75, 3.05) is 26.6 Å². The molecule has 0 saturated heterocycles. The lowest BCUT2D eigenvalue weighted by Gasteiger charge is -2.14. The number of amides is 1. The van der Waals surface area contributed by atoms with Crippen molar-refractivity contribution in [3.05, 3.63) is 65.4 Å². The number of benzene rings is 2. The Morgan fingerprint density at radius 1 is 1.00 bits per heavy atom. The topological polar surface area (TPSA) is 74.6 Å². The first kappa shape index (κ1) is 19.3. The minimum absolute atomic E-state index is 0.298. The normalized spacial score (nSPS) is 10.4. The lowest BCUT2D eigenvalue weighted by atomic mass is 10.1. The number of nitrogens with zero attached hydrogens (tertiary/aromatic N) is 2. The van der Waals surface area contributed by atoms with Gasteiger partial charge in [0.1, 0.15) is 5.82 Å². The molecule has 7 heteroatoms. The molecule has 1 heterocycles. The first-order chi connectivity index (χ1) is 13.5. The van der Waals surface area contributed by atoms with Gasteiger partial charge in [-0.3, -0.25) is 4.79 Å². The molecule has 7 nitrogen and oxygen atoms in total. The van der Waals surface area contributed by atoms with Crippen molar-refractivity contribution in [3.8, 4) is 17.2 Å². The molecule has 0 fully saturated rings. The lowest BCUT2D eigenvalue weighted by Crippen LogP contribution is -2.16. The highest BCUT2D eigenvalue weighted by Crippen LogP contribution is 2.38. The van der Waals surface area contributed by atoms with Crippen molar-refractivity contribution >= 4 is 11.7 Å². The van der Waals surface area contributed by atoms with Gasteiger partial charge in [-0.1, -0.05) is 30.3 Å². The summed E-state index contributed by atoms with van der Waals surface area (Å²) in [5.41, 5.74) is 2.30. The van der Waals surface area contributed by atoms with Gasteiger partial charge in [0, 0.05) is 11.6 Å². The summed E-state index contributed by atoms with van der Waals surface area (Å²) in [5.74, 6) is 1.59. The molecule has 28 heavy (non-hydrogen) atoms. The van der Waals surface area contributed by atoms with E-state index in [1.165, 1.54) is 21.3 Å². The molecule has 0 aliphatic carbocycles. The van der Waals surface area contributed by atoms with E-state index in [1.807, 2.05) is 43.3 Å². The third kappa shape index (κ3) is 4.09. The second-order valence-electron chi connectivity index (χ2n) is 6.18. The number of nitrogens with one attached hydrogen (secondary N) is 1. The van der Waals surface area contributed by atoms with Crippen molar-refractivity contribution in [1.29, 1.82) is 0 Å². The van der Waals surface area contributed by atoms with Gasteiger partial charge in [0.2, 0.25) is 5.75 Å². The van der Waals surface area contributed by atoms with E-state index in [0.29, 0.717) is 35.2 Å². The van der Waals surface area contributed by atoms with E-state index in [0.717, 1.165) is 11.3 Å². The fourth-order valence-corrected chi connectivity index (χ4v) is 2.92. The van der Waals surface area contributed by atoms with Crippen molar-refractivity contribution in [2.24, 2.45) is 0 Å². The molecule has 0 bridgehead atoms. The zero-order valence-electron chi connectivity index (χ0n) is 16.4. The van der Waals surface area contributed by atoms with Gasteiger partial charge in [0.25, 0.3) is 5.91 Å². The standard InChI is InChI=1S/C21H23N3O4/c1-14-10-19(24(23-14)13-15-8-6-5-7-9-15)22-21(25)16-11-17(26-2)20(28-4)18(12-16)27-3/h5-12H,13H2,1-4H3,(H,22,25). The van der Waals surface area contributed by atoms with Crippen LogP contribution < -0.4 is 19.5 Å². The molecule has 0 radical (unpaired) electrons. The van der Waals surface area contributed by atoms with Crippen molar-refractivity contribution in [3.63, 3.8) is 0 Å². The van der Waals surface area contributed by atoms with Gasteiger partial charge >= 0.3 is 0 Å². The number of aryl methyl sites for hydroxylation is 1. The van der Waals surface area contributed by atoms with Gasteiger partial charge in [-0.15, -0.1) is 0 Å². The molecule has 0 saturated carbocycles. The van der Waals surface area contributed by atoms with Crippen LogP contribution in [0.3, 0.4) is 0 Å². The Kier molecular flexibility index (Phi) is 5.84. The smallest absolute Gasteiger partial charge is 0.257 e. The van der Waals surface area contributed by atoms with Gasteiger partial charge in [0.05, 0.1) is 33.6 Å². The van der Waals surface area contributed by atoms with E-state index < -0.39 is 0 Å². The van der Waals surface area contributed by atoms with E-state index in [-0.39, 0.29) is 5.91 Å². The zero-order valence-corrected chi connectivity index (χ0v) is 16.4. The fourth-order valence-electron chi connectivity index (χ4n) is 2.92. The summed E-state index contributed by atoms with van der Waals surface area (Å²) in [6, 6.07) is 15.0. The van der Waals surface area contributed by atoms with Crippen molar-refractivity contribution in [2.45, 2.75) is 13.5 Å². The maximum atomic E-state index is 12.9. The fraction of sp³-hybridized carbons (Fsp3) is 0.238. The first-order valence-electron chi connectivity index (χ1n) is 8.75. The minimum Gasteiger partial charge on any atom is -0.493 e. The Morgan fingerprint density at radius 3 is 2.21 bits per heavy atom. The molecule has 1 amide bonds. The Labute approximate surface area is 163 Å². The third-order valence-corrected chi connectivity index (χ3v) is 4.25. The molecule has 3 aromatic rings. The maximum absolute atomic E-state index is 12.9. The summed E-state index contributed by atoms with van der Waals surface area (Å²) in [6.45, 7) is 2.44. The van der Waals surface area contributed by atoms with Crippen LogP contribution in [-0.4, -0.2) is 37.0 Å². The molecule has 146 valence electrons. The Bertz CT molecular complexity index is 942. The quantitative estimate of drug-likeness (QED) is 0.678. The average molecular weight is 381 g/mol. The highest BCUT2D eigenvalue weighted by atomic mass is 16.5. The van der Waals surface area contributed by atoms with Crippen LogP contribution in [-0.2, 0) is 6.54 Å². The van der Waals surface area contributed by atoms with Gasteiger partial charge in [-0.05, 0) is 24.6 Å². The van der Waals surface area contributed by atoms with Crippen LogP contribution in [0.25, 0.3) is 0 Å². The van der Waals surface area contributed by atoms with Gasteiger partial charge in [0.15, 0.2) is 11.5 Å². The maximum Gasteiger partial charge on any atom is 0.257 e. The molecular weight excluding hydrogens is 358 g/mol. The molecule has 0 atom stereocenters. The van der Waals surface area contributed by atoms with Gasteiger partial charge in [-0.2, -0.15) is 5.10 Å². The number of methoxy groups -OCH3 is 3. The van der Waals surface area contributed by atoms with E-state index in [1.54, 1.807) is 16.8 Å². The lowest BCUT2D eigenvalue weighted by molar-refractivity contribution is 0.102. The Morgan fingerprint density at radius 2 is 1.64 bits per heavy atom. The highest BCUT2D eigenvalue weighted by Gasteiger charge is 2.18. The summed E-state index contributed by atoms with van der Waals surface area (Å²) in [6.07, 6.45) is 0. The van der Waals surface area contributed by atoms with Crippen LogP contribution in [0.4, 0.5) is 5.82 Å². The summed E-state index contributed by atoms with van der Waals surface area (Å²) in [4.78, 5) is 12.9. The SMILES string of the molecule is COc1cc(C(=O)Nc2cc(C)nn2Cc2ccccc2)cc(OC)c1OC. The van der Waals surface area contributed by atoms with Gasteiger partial charge in [-0.25, -0.2) is 4.68 Å². The largest absolute Gasteiger partial charge is 0.493 e. The molecule has 0 aliphatic heterocycles. The van der Waals surface area contributed by atoms with Crippen molar-refractivity contribution < 1.29 is 19.0 Å². The number of carbonyl (C=O) groups is 1. The number of carbonyl (C=O) groups excluding carboxylic acids is 1. The number of anilines is 1. The van der Waals surface area contributed by atoms with Crippen LogP contribution in [0, 0.1) is 6.92 Å². The number of rotatable bonds is 7. The molecule has 0 unspecified atom stereocenters. The Balaban J connectivity index is 1.88. The zero-order chi connectivity index (χ0) is 20.1. The van der Waals surface area contributed by atoms with Crippen LogP contribution in [0.2, 0.25) is 0 Å². The van der Waals surface area contributed by atoms with Crippen LogP contribution in [0.15, 0.2) is 48.5 Å². The highest BCUT2D eigenvalue weighted by molar-refractivity contribution is 6.04. The third-order valence-electron chi connectivity index (χ3n) is 4.25. The molecule has 0 aliphatic rings. The summed E-state index contributed by atoms with van der Waals surface area (Å²) in [7, 11) is 4.54. The predicted molar refractivity (Wildman–Crippen MR) is 107 cm³/mol.